The lowest BCUT2D eigenvalue weighted by Crippen LogP contribution is -2.35. The standard InChI is InChI=1S/C13H18ClIN2O2/c1-13(2,3)19-12(18)17-7-6-16-11-5-4-9(14)8-10(11)15/h4-5,8,16H,6-7H2,1-3H3,(H,17,18). The zero-order chi connectivity index (χ0) is 14.5. The first-order valence-corrected chi connectivity index (χ1v) is 7.39. The lowest BCUT2D eigenvalue weighted by Gasteiger charge is -2.19. The highest BCUT2D eigenvalue weighted by atomic mass is 127. The highest BCUT2D eigenvalue weighted by Crippen LogP contribution is 2.21. The van der Waals surface area contributed by atoms with E-state index in [1.165, 1.54) is 0 Å². The summed E-state index contributed by atoms with van der Waals surface area (Å²) in [6.45, 7) is 6.62. The van der Waals surface area contributed by atoms with E-state index < -0.39 is 11.7 Å². The maximum Gasteiger partial charge on any atom is 0.407 e. The van der Waals surface area contributed by atoms with Gasteiger partial charge in [-0.2, -0.15) is 0 Å². The summed E-state index contributed by atoms with van der Waals surface area (Å²) < 4.78 is 6.18. The molecule has 1 rings (SSSR count). The molecule has 0 bridgehead atoms. The monoisotopic (exact) mass is 396 g/mol. The first-order chi connectivity index (χ1) is 8.78. The first kappa shape index (κ1) is 16.4. The van der Waals surface area contributed by atoms with Gasteiger partial charge < -0.3 is 15.4 Å². The van der Waals surface area contributed by atoms with Crippen molar-refractivity contribution in [1.29, 1.82) is 0 Å². The van der Waals surface area contributed by atoms with Crippen LogP contribution in [0.2, 0.25) is 5.02 Å². The van der Waals surface area contributed by atoms with E-state index in [0.29, 0.717) is 18.1 Å². The van der Waals surface area contributed by atoms with Gasteiger partial charge in [-0.1, -0.05) is 11.6 Å². The molecule has 0 unspecified atom stereocenters. The topological polar surface area (TPSA) is 50.4 Å². The van der Waals surface area contributed by atoms with Crippen LogP contribution in [0.15, 0.2) is 18.2 Å². The minimum Gasteiger partial charge on any atom is -0.444 e. The SMILES string of the molecule is CC(C)(C)OC(=O)NCCNc1ccc(Cl)cc1I. The zero-order valence-electron chi connectivity index (χ0n) is 11.2. The fourth-order valence-electron chi connectivity index (χ4n) is 1.31. The number of rotatable bonds is 4. The summed E-state index contributed by atoms with van der Waals surface area (Å²) in [5.41, 5.74) is 0.527. The van der Waals surface area contributed by atoms with E-state index in [0.717, 1.165) is 9.26 Å². The Morgan fingerprint density at radius 1 is 1.37 bits per heavy atom. The number of amides is 1. The van der Waals surface area contributed by atoms with Gasteiger partial charge in [0.2, 0.25) is 0 Å². The van der Waals surface area contributed by atoms with E-state index in [1.807, 2.05) is 39.0 Å². The molecule has 0 aromatic heterocycles. The first-order valence-electron chi connectivity index (χ1n) is 5.94. The molecule has 6 heteroatoms. The molecule has 0 saturated carbocycles. The molecule has 4 nitrogen and oxygen atoms in total. The van der Waals surface area contributed by atoms with Crippen molar-refractivity contribution in [2.24, 2.45) is 0 Å². The van der Waals surface area contributed by atoms with Crippen LogP contribution in [-0.4, -0.2) is 24.8 Å². The van der Waals surface area contributed by atoms with Gasteiger partial charge in [-0.3, -0.25) is 0 Å². The Balaban J connectivity index is 2.29. The third-order valence-corrected chi connectivity index (χ3v) is 3.17. The number of carbonyl (C=O) groups excluding carboxylic acids is 1. The Bertz CT molecular complexity index is 447. The lowest BCUT2D eigenvalue weighted by atomic mass is 10.2. The van der Waals surface area contributed by atoms with Crippen molar-refractivity contribution < 1.29 is 9.53 Å². The van der Waals surface area contributed by atoms with Gasteiger partial charge in [0.05, 0.1) is 0 Å². The molecule has 106 valence electrons. The zero-order valence-corrected chi connectivity index (χ0v) is 14.1. The summed E-state index contributed by atoms with van der Waals surface area (Å²) >= 11 is 8.09. The number of alkyl carbamates (subject to hydrolysis) is 1. The van der Waals surface area contributed by atoms with Gasteiger partial charge in [0.1, 0.15) is 5.60 Å². The number of benzene rings is 1. The molecule has 0 aliphatic heterocycles. The molecule has 19 heavy (non-hydrogen) atoms. The summed E-state index contributed by atoms with van der Waals surface area (Å²) in [5.74, 6) is 0. The summed E-state index contributed by atoms with van der Waals surface area (Å²) in [6.07, 6.45) is -0.403. The fraction of sp³-hybridized carbons (Fsp3) is 0.462. The van der Waals surface area contributed by atoms with E-state index in [-0.39, 0.29) is 0 Å². The second kappa shape index (κ2) is 7.19. The molecule has 0 radical (unpaired) electrons. The molecule has 0 fully saturated rings. The molecule has 2 N–H and O–H groups in total. The Morgan fingerprint density at radius 3 is 2.63 bits per heavy atom. The highest BCUT2D eigenvalue weighted by Gasteiger charge is 2.15. The molecule has 0 aliphatic rings. The van der Waals surface area contributed by atoms with Crippen LogP contribution in [0, 0.1) is 3.57 Å². The van der Waals surface area contributed by atoms with Crippen molar-refractivity contribution >= 4 is 46.0 Å². The third kappa shape index (κ3) is 6.87. The van der Waals surface area contributed by atoms with Crippen LogP contribution < -0.4 is 10.6 Å². The summed E-state index contributed by atoms with van der Waals surface area (Å²) in [6, 6.07) is 5.62. The maximum atomic E-state index is 11.4. The molecule has 1 aromatic carbocycles. The minimum absolute atomic E-state index is 0.403. The van der Waals surface area contributed by atoms with E-state index in [9.17, 15) is 4.79 Å². The van der Waals surface area contributed by atoms with Gasteiger partial charge in [-0.05, 0) is 61.6 Å². The summed E-state index contributed by atoms with van der Waals surface area (Å²) in [4.78, 5) is 11.4. The normalized spacial score (nSPS) is 11.0. The summed E-state index contributed by atoms with van der Waals surface area (Å²) in [7, 11) is 0. The van der Waals surface area contributed by atoms with Gasteiger partial charge in [0, 0.05) is 27.4 Å². The van der Waals surface area contributed by atoms with E-state index in [1.54, 1.807) is 0 Å². The van der Waals surface area contributed by atoms with Gasteiger partial charge >= 0.3 is 6.09 Å². The van der Waals surface area contributed by atoms with Crippen molar-refractivity contribution in [2.45, 2.75) is 26.4 Å². The average molecular weight is 397 g/mol. The quantitative estimate of drug-likeness (QED) is 0.600. The van der Waals surface area contributed by atoms with Crippen LogP contribution in [-0.2, 0) is 4.74 Å². The van der Waals surface area contributed by atoms with Gasteiger partial charge in [0.15, 0.2) is 0 Å². The van der Waals surface area contributed by atoms with Crippen LogP contribution in [0.5, 0.6) is 0 Å². The van der Waals surface area contributed by atoms with E-state index in [4.69, 9.17) is 16.3 Å². The van der Waals surface area contributed by atoms with Crippen molar-refractivity contribution in [1.82, 2.24) is 5.32 Å². The number of hydrogen-bond acceptors (Lipinski definition) is 3. The van der Waals surface area contributed by atoms with Gasteiger partial charge in [0.25, 0.3) is 0 Å². The Labute approximate surface area is 132 Å². The van der Waals surface area contributed by atoms with Crippen molar-refractivity contribution in [3.8, 4) is 0 Å². The minimum atomic E-state index is -0.469. The largest absolute Gasteiger partial charge is 0.444 e. The molecule has 1 aromatic rings. The van der Waals surface area contributed by atoms with Gasteiger partial charge in [-0.15, -0.1) is 0 Å². The number of ether oxygens (including phenoxy) is 1. The average Bonchev–Trinajstić information content (AvgIpc) is 2.24. The second-order valence-corrected chi connectivity index (χ2v) is 6.58. The lowest BCUT2D eigenvalue weighted by molar-refractivity contribution is 0.0530. The summed E-state index contributed by atoms with van der Waals surface area (Å²) in [5, 5.41) is 6.62. The van der Waals surface area contributed by atoms with Crippen LogP contribution >= 0.6 is 34.2 Å². The molecular weight excluding hydrogens is 379 g/mol. The number of carbonyl (C=O) groups is 1. The smallest absolute Gasteiger partial charge is 0.407 e. The molecule has 0 spiro atoms. The van der Waals surface area contributed by atoms with Crippen LogP contribution in [0.1, 0.15) is 20.8 Å². The van der Waals surface area contributed by atoms with Crippen LogP contribution in [0.4, 0.5) is 10.5 Å². The van der Waals surface area contributed by atoms with Gasteiger partial charge in [-0.25, -0.2) is 4.79 Å². The molecule has 0 atom stereocenters. The Morgan fingerprint density at radius 2 is 2.05 bits per heavy atom. The number of halogens is 2. The highest BCUT2D eigenvalue weighted by molar-refractivity contribution is 14.1. The second-order valence-electron chi connectivity index (χ2n) is 4.98. The van der Waals surface area contributed by atoms with E-state index >= 15 is 0 Å². The van der Waals surface area contributed by atoms with E-state index in [2.05, 4.69) is 33.2 Å². The Hall–Kier alpha value is -0.690. The van der Waals surface area contributed by atoms with Crippen molar-refractivity contribution in [3.63, 3.8) is 0 Å². The predicted molar refractivity (Wildman–Crippen MR) is 86.9 cm³/mol. The molecule has 0 saturated heterocycles. The van der Waals surface area contributed by atoms with Crippen molar-refractivity contribution in [3.05, 3.63) is 26.8 Å². The number of nitrogens with one attached hydrogen (secondary N) is 2. The number of anilines is 1. The molecule has 1 amide bonds. The fourth-order valence-corrected chi connectivity index (χ4v) is 2.37. The predicted octanol–water partition coefficient (Wildman–Crippen LogP) is 3.88. The van der Waals surface area contributed by atoms with Crippen LogP contribution in [0.3, 0.4) is 0 Å². The molecule has 0 heterocycles. The van der Waals surface area contributed by atoms with Crippen molar-refractivity contribution in [2.75, 3.05) is 18.4 Å². The molecule has 0 aliphatic carbocycles. The van der Waals surface area contributed by atoms with Crippen LogP contribution in [0.25, 0.3) is 0 Å². The maximum absolute atomic E-state index is 11.4. The number of hydrogen-bond donors (Lipinski definition) is 2. The molecular formula is C13H18ClIN2O2. The third-order valence-electron chi connectivity index (χ3n) is 2.04. The Kier molecular flexibility index (Phi) is 6.19.